The molecule has 1 amide bonds. The first-order valence-electron chi connectivity index (χ1n) is 6.13. The molecule has 0 aromatic carbocycles. The summed E-state index contributed by atoms with van der Waals surface area (Å²) in [6.07, 6.45) is 1.87. The summed E-state index contributed by atoms with van der Waals surface area (Å²) in [7, 11) is -2.13. The van der Waals surface area contributed by atoms with Crippen molar-refractivity contribution >= 4 is 15.9 Å². The first-order chi connectivity index (χ1) is 8.81. The van der Waals surface area contributed by atoms with Crippen LogP contribution in [0.4, 0.5) is 0 Å². The molecule has 0 bridgehead atoms. The van der Waals surface area contributed by atoms with Crippen LogP contribution in [-0.4, -0.2) is 48.8 Å². The van der Waals surface area contributed by atoms with E-state index in [0.717, 1.165) is 0 Å². The van der Waals surface area contributed by atoms with Gasteiger partial charge >= 0.3 is 0 Å². The molecule has 2 N–H and O–H groups in total. The largest absolute Gasteiger partial charge is 0.345 e. The lowest BCUT2D eigenvalue weighted by atomic mass is 10.3. The number of rotatable bonds is 6. The van der Waals surface area contributed by atoms with Crippen molar-refractivity contribution in [1.29, 1.82) is 0 Å². The Bertz CT molecular complexity index is 538. The fourth-order valence-electron chi connectivity index (χ4n) is 1.49. The number of hydrogen-bond acceptors (Lipinski definition) is 4. The number of likely N-dealkylation sites (N-methyl/N-ethyl adjacent to an activating group) is 1. The maximum absolute atomic E-state index is 12.0. The third kappa shape index (κ3) is 3.77. The molecule has 0 aliphatic rings. The number of hydrogen-bond donors (Lipinski definition) is 2. The van der Waals surface area contributed by atoms with Crippen molar-refractivity contribution in [3.05, 3.63) is 12.0 Å². The zero-order chi connectivity index (χ0) is 14.6. The molecule has 0 spiro atoms. The molecule has 0 fully saturated rings. The maximum Gasteiger partial charge on any atom is 0.258 e. The molecule has 8 heteroatoms. The molecule has 1 aromatic rings. The van der Waals surface area contributed by atoms with Crippen molar-refractivity contribution in [1.82, 2.24) is 19.6 Å². The highest BCUT2D eigenvalue weighted by molar-refractivity contribution is 7.89. The minimum absolute atomic E-state index is 0.0249. The molecule has 1 heterocycles. The lowest BCUT2D eigenvalue weighted by molar-refractivity contribution is -0.131. The average molecular weight is 288 g/mol. The third-order valence-corrected chi connectivity index (χ3v) is 4.23. The number of aryl methyl sites for hydroxylation is 1. The van der Waals surface area contributed by atoms with Crippen LogP contribution in [0.25, 0.3) is 0 Å². The SMILES string of the molecule is CCc1ncc(S(=O)(=O)NC(C)C(=O)N(C)CC)[nH]1. The van der Waals surface area contributed by atoms with E-state index in [1.807, 2.05) is 13.8 Å². The van der Waals surface area contributed by atoms with Gasteiger partial charge < -0.3 is 9.88 Å². The molecule has 0 radical (unpaired) electrons. The van der Waals surface area contributed by atoms with Crippen LogP contribution in [0.15, 0.2) is 11.2 Å². The second-order valence-corrected chi connectivity index (χ2v) is 5.93. The molecular weight excluding hydrogens is 268 g/mol. The average Bonchev–Trinajstić information content (AvgIpc) is 2.85. The van der Waals surface area contributed by atoms with Gasteiger partial charge in [0.2, 0.25) is 5.91 Å². The first kappa shape index (κ1) is 15.6. The van der Waals surface area contributed by atoms with Gasteiger partial charge in [-0.05, 0) is 13.8 Å². The highest BCUT2D eigenvalue weighted by atomic mass is 32.2. The summed E-state index contributed by atoms with van der Waals surface area (Å²) in [4.78, 5) is 19.9. The second kappa shape index (κ2) is 6.16. The normalized spacial score (nSPS) is 13.3. The zero-order valence-electron chi connectivity index (χ0n) is 11.6. The van der Waals surface area contributed by atoms with Gasteiger partial charge in [0.1, 0.15) is 5.82 Å². The number of nitrogens with one attached hydrogen (secondary N) is 2. The van der Waals surface area contributed by atoms with Gasteiger partial charge in [-0.1, -0.05) is 6.92 Å². The fourth-order valence-corrected chi connectivity index (χ4v) is 2.63. The molecule has 1 rings (SSSR count). The Labute approximate surface area is 113 Å². The van der Waals surface area contributed by atoms with Crippen LogP contribution < -0.4 is 4.72 Å². The van der Waals surface area contributed by atoms with Gasteiger partial charge in [-0.2, -0.15) is 4.72 Å². The van der Waals surface area contributed by atoms with Crippen LogP contribution in [0.2, 0.25) is 0 Å². The van der Waals surface area contributed by atoms with Crippen LogP contribution in [0.1, 0.15) is 26.6 Å². The van der Waals surface area contributed by atoms with E-state index in [1.165, 1.54) is 18.0 Å². The standard InChI is InChI=1S/C11H20N4O3S/c1-5-9-12-7-10(13-9)19(17,18)14-8(3)11(16)15(4)6-2/h7-8,14H,5-6H2,1-4H3,(H,12,13). The molecule has 0 saturated carbocycles. The summed E-state index contributed by atoms with van der Waals surface area (Å²) in [5.74, 6) is 0.311. The lowest BCUT2D eigenvalue weighted by Crippen LogP contribution is -2.45. The van der Waals surface area contributed by atoms with E-state index in [-0.39, 0.29) is 10.9 Å². The van der Waals surface area contributed by atoms with E-state index in [9.17, 15) is 13.2 Å². The van der Waals surface area contributed by atoms with Gasteiger partial charge in [0.25, 0.3) is 10.0 Å². The van der Waals surface area contributed by atoms with Crippen molar-refractivity contribution < 1.29 is 13.2 Å². The number of nitrogens with zero attached hydrogens (tertiary/aromatic N) is 2. The molecule has 108 valence electrons. The maximum atomic E-state index is 12.0. The second-order valence-electron chi connectivity index (χ2n) is 4.24. The van der Waals surface area contributed by atoms with Crippen LogP contribution in [0.5, 0.6) is 0 Å². The van der Waals surface area contributed by atoms with Gasteiger partial charge in [0.05, 0.1) is 12.2 Å². The highest BCUT2D eigenvalue weighted by Crippen LogP contribution is 2.07. The van der Waals surface area contributed by atoms with Crippen LogP contribution >= 0.6 is 0 Å². The number of H-pyrrole nitrogens is 1. The number of aromatic nitrogens is 2. The molecular formula is C11H20N4O3S. The molecule has 0 aliphatic heterocycles. The highest BCUT2D eigenvalue weighted by Gasteiger charge is 2.25. The van der Waals surface area contributed by atoms with Crippen molar-refractivity contribution in [2.24, 2.45) is 0 Å². The molecule has 1 aromatic heterocycles. The van der Waals surface area contributed by atoms with Gasteiger partial charge in [0, 0.05) is 20.0 Å². The number of amides is 1. The minimum atomic E-state index is -3.75. The Kier molecular flexibility index (Phi) is 5.07. The molecule has 0 saturated heterocycles. The number of carbonyl (C=O) groups excluding carboxylic acids is 1. The number of aromatic amines is 1. The first-order valence-corrected chi connectivity index (χ1v) is 7.61. The summed E-state index contributed by atoms with van der Waals surface area (Å²) in [6, 6.07) is -0.816. The van der Waals surface area contributed by atoms with E-state index in [1.54, 1.807) is 7.05 Å². The van der Waals surface area contributed by atoms with Crippen molar-refractivity contribution in [3.63, 3.8) is 0 Å². The quantitative estimate of drug-likeness (QED) is 0.777. The summed E-state index contributed by atoms with van der Waals surface area (Å²) in [5, 5.41) is -0.0249. The number of sulfonamides is 1. The Hall–Kier alpha value is -1.41. The van der Waals surface area contributed by atoms with Gasteiger partial charge in [-0.25, -0.2) is 13.4 Å². The number of carbonyl (C=O) groups is 1. The van der Waals surface area contributed by atoms with E-state index < -0.39 is 16.1 Å². The minimum Gasteiger partial charge on any atom is -0.345 e. The molecule has 1 unspecified atom stereocenters. The zero-order valence-corrected chi connectivity index (χ0v) is 12.4. The summed E-state index contributed by atoms with van der Waals surface area (Å²) in [5.41, 5.74) is 0. The predicted octanol–water partition coefficient (Wildman–Crippen LogP) is 0.117. The lowest BCUT2D eigenvalue weighted by Gasteiger charge is -2.20. The van der Waals surface area contributed by atoms with Crippen molar-refractivity contribution in [2.75, 3.05) is 13.6 Å². The third-order valence-electron chi connectivity index (χ3n) is 2.78. The molecule has 1 atom stereocenters. The number of imidazole rings is 1. The topological polar surface area (TPSA) is 95.2 Å². The smallest absolute Gasteiger partial charge is 0.258 e. The summed E-state index contributed by atoms with van der Waals surface area (Å²) < 4.78 is 26.4. The van der Waals surface area contributed by atoms with Crippen LogP contribution in [0, 0.1) is 0 Å². The van der Waals surface area contributed by atoms with Gasteiger partial charge in [-0.3, -0.25) is 4.79 Å². The summed E-state index contributed by atoms with van der Waals surface area (Å²) >= 11 is 0. The Morgan fingerprint density at radius 1 is 1.53 bits per heavy atom. The van der Waals surface area contributed by atoms with Crippen molar-refractivity contribution in [3.8, 4) is 0 Å². The van der Waals surface area contributed by atoms with E-state index in [2.05, 4.69) is 14.7 Å². The molecule has 7 nitrogen and oxygen atoms in total. The van der Waals surface area contributed by atoms with Crippen molar-refractivity contribution in [2.45, 2.75) is 38.3 Å². The van der Waals surface area contributed by atoms with Crippen LogP contribution in [-0.2, 0) is 21.2 Å². The Balaban J connectivity index is 2.82. The molecule has 0 aliphatic carbocycles. The Morgan fingerprint density at radius 2 is 2.16 bits per heavy atom. The van der Waals surface area contributed by atoms with E-state index >= 15 is 0 Å². The van der Waals surface area contributed by atoms with E-state index in [4.69, 9.17) is 0 Å². The Morgan fingerprint density at radius 3 is 2.63 bits per heavy atom. The van der Waals surface area contributed by atoms with Gasteiger partial charge in [-0.15, -0.1) is 0 Å². The monoisotopic (exact) mass is 288 g/mol. The van der Waals surface area contributed by atoms with Gasteiger partial charge in [0.15, 0.2) is 5.03 Å². The predicted molar refractivity (Wildman–Crippen MR) is 71.1 cm³/mol. The van der Waals surface area contributed by atoms with Crippen LogP contribution in [0.3, 0.4) is 0 Å². The summed E-state index contributed by atoms with van der Waals surface area (Å²) in [6.45, 7) is 5.73. The molecule has 19 heavy (non-hydrogen) atoms. The van der Waals surface area contributed by atoms with E-state index in [0.29, 0.717) is 18.8 Å². The fraction of sp³-hybridized carbons (Fsp3) is 0.636.